The standard InChI is InChI=1S/C16H21F3N6O/c1-3-20-15(22-9-14-24-23-11-25(14)2)21-8-12-4-6-13(7-5-12)26-10-16(17,18)19/h4-7,11H,3,8-10H2,1-2H3,(H2,20,21,22). The molecule has 0 unspecified atom stereocenters. The van der Waals surface area contributed by atoms with Gasteiger partial charge >= 0.3 is 6.18 Å². The highest BCUT2D eigenvalue weighted by Gasteiger charge is 2.28. The summed E-state index contributed by atoms with van der Waals surface area (Å²) in [4.78, 5) is 4.44. The molecule has 26 heavy (non-hydrogen) atoms. The normalized spacial score (nSPS) is 12.1. The second kappa shape index (κ2) is 9.07. The lowest BCUT2D eigenvalue weighted by Crippen LogP contribution is -2.37. The van der Waals surface area contributed by atoms with Crippen LogP contribution in [0.5, 0.6) is 5.75 Å². The van der Waals surface area contributed by atoms with Crippen LogP contribution in [-0.4, -0.2) is 40.1 Å². The molecule has 0 aliphatic rings. The maximum Gasteiger partial charge on any atom is 0.422 e. The van der Waals surface area contributed by atoms with Crippen LogP contribution in [0.25, 0.3) is 0 Å². The van der Waals surface area contributed by atoms with Gasteiger partial charge in [-0.1, -0.05) is 12.1 Å². The Morgan fingerprint density at radius 2 is 1.96 bits per heavy atom. The molecule has 10 heteroatoms. The van der Waals surface area contributed by atoms with Gasteiger partial charge in [-0.25, -0.2) is 4.99 Å². The quantitative estimate of drug-likeness (QED) is 0.576. The van der Waals surface area contributed by atoms with E-state index in [1.165, 1.54) is 12.1 Å². The molecule has 2 N–H and O–H groups in total. The number of guanidine groups is 1. The average molecular weight is 370 g/mol. The van der Waals surface area contributed by atoms with Crippen molar-refractivity contribution in [2.75, 3.05) is 13.2 Å². The van der Waals surface area contributed by atoms with Gasteiger partial charge in [0.1, 0.15) is 12.1 Å². The highest BCUT2D eigenvalue weighted by Crippen LogP contribution is 2.19. The second-order valence-electron chi connectivity index (χ2n) is 5.45. The summed E-state index contributed by atoms with van der Waals surface area (Å²) in [5.41, 5.74) is 0.847. The SMILES string of the molecule is CCNC(=NCc1ccc(OCC(F)(F)F)cc1)NCc1nncn1C. The first-order valence-electron chi connectivity index (χ1n) is 8.01. The van der Waals surface area contributed by atoms with E-state index in [2.05, 4.69) is 30.6 Å². The van der Waals surface area contributed by atoms with Crippen LogP contribution in [0.3, 0.4) is 0 Å². The van der Waals surface area contributed by atoms with Crippen LogP contribution in [0.1, 0.15) is 18.3 Å². The van der Waals surface area contributed by atoms with Gasteiger partial charge in [-0.15, -0.1) is 10.2 Å². The van der Waals surface area contributed by atoms with Crippen molar-refractivity contribution >= 4 is 5.96 Å². The number of aryl methyl sites for hydroxylation is 1. The molecule has 2 rings (SSSR count). The molecule has 2 aromatic rings. The summed E-state index contributed by atoms with van der Waals surface area (Å²) in [6.45, 7) is 2.17. The highest BCUT2D eigenvalue weighted by atomic mass is 19.4. The summed E-state index contributed by atoms with van der Waals surface area (Å²) in [6.07, 6.45) is -2.73. The van der Waals surface area contributed by atoms with Gasteiger partial charge < -0.3 is 19.9 Å². The molecule has 0 atom stereocenters. The lowest BCUT2D eigenvalue weighted by molar-refractivity contribution is -0.153. The monoisotopic (exact) mass is 370 g/mol. The van der Waals surface area contributed by atoms with Gasteiger partial charge in [0.05, 0.1) is 13.1 Å². The lowest BCUT2D eigenvalue weighted by Gasteiger charge is -2.11. The van der Waals surface area contributed by atoms with Crippen LogP contribution in [-0.2, 0) is 20.1 Å². The van der Waals surface area contributed by atoms with E-state index in [0.29, 0.717) is 25.6 Å². The maximum absolute atomic E-state index is 12.1. The minimum absolute atomic E-state index is 0.169. The van der Waals surface area contributed by atoms with Gasteiger partial charge in [0.2, 0.25) is 0 Å². The van der Waals surface area contributed by atoms with Gasteiger partial charge in [-0.05, 0) is 24.6 Å². The molecule has 1 heterocycles. The van der Waals surface area contributed by atoms with Crippen molar-refractivity contribution < 1.29 is 17.9 Å². The zero-order valence-corrected chi connectivity index (χ0v) is 14.5. The number of hydrogen-bond acceptors (Lipinski definition) is 4. The van der Waals surface area contributed by atoms with Crippen LogP contribution < -0.4 is 15.4 Å². The van der Waals surface area contributed by atoms with E-state index in [1.54, 1.807) is 23.0 Å². The number of nitrogens with one attached hydrogen (secondary N) is 2. The Kier molecular flexibility index (Phi) is 6.81. The zero-order valence-electron chi connectivity index (χ0n) is 14.5. The molecule has 0 spiro atoms. The van der Waals surface area contributed by atoms with Gasteiger partial charge in [0.25, 0.3) is 0 Å². The minimum atomic E-state index is -4.35. The summed E-state index contributed by atoms with van der Waals surface area (Å²) in [7, 11) is 1.85. The Labute approximate surface area is 149 Å². The summed E-state index contributed by atoms with van der Waals surface area (Å²) < 4.78 is 42.9. The number of aliphatic imine (C=N–C) groups is 1. The first kappa shape index (κ1) is 19.5. The van der Waals surface area contributed by atoms with Crippen molar-refractivity contribution in [1.82, 2.24) is 25.4 Å². The minimum Gasteiger partial charge on any atom is -0.484 e. The number of halogens is 3. The Morgan fingerprint density at radius 1 is 1.23 bits per heavy atom. The fraction of sp³-hybridized carbons (Fsp3) is 0.438. The molecule has 0 saturated heterocycles. The molecule has 0 amide bonds. The Balaban J connectivity index is 1.90. The number of nitrogens with zero attached hydrogens (tertiary/aromatic N) is 4. The average Bonchev–Trinajstić information content (AvgIpc) is 3.01. The lowest BCUT2D eigenvalue weighted by atomic mass is 10.2. The molecule has 0 fully saturated rings. The number of alkyl halides is 3. The van der Waals surface area contributed by atoms with E-state index in [-0.39, 0.29) is 5.75 Å². The third-order valence-electron chi connectivity index (χ3n) is 3.31. The molecule has 1 aromatic carbocycles. The first-order valence-corrected chi connectivity index (χ1v) is 8.01. The Morgan fingerprint density at radius 3 is 2.54 bits per heavy atom. The van der Waals surface area contributed by atoms with E-state index >= 15 is 0 Å². The van der Waals surface area contributed by atoms with Crippen molar-refractivity contribution in [1.29, 1.82) is 0 Å². The number of rotatable bonds is 7. The van der Waals surface area contributed by atoms with E-state index < -0.39 is 12.8 Å². The van der Waals surface area contributed by atoms with E-state index in [4.69, 9.17) is 0 Å². The van der Waals surface area contributed by atoms with Crippen molar-refractivity contribution in [3.05, 3.63) is 42.0 Å². The summed E-state index contributed by atoms with van der Waals surface area (Å²) in [6, 6.07) is 6.36. The summed E-state index contributed by atoms with van der Waals surface area (Å²) >= 11 is 0. The molecule has 0 aliphatic carbocycles. The zero-order chi connectivity index (χ0) is 19.0. The molecular formula is C16H21F3N6O. The summed E-state index contributed by atoms with van der Waals surface area (Å²) in [5, 5.41) is 14.1. The van der Waals surface area contributed by atoms with E-state index in [9.17, 15) is 13.2 Å². The predicted octanol–water partition coefficient (Wildman–Crippen LogP) is 2.01. The smallest absolute Gasteiger partial charge is 0.422 e. The van der Waals surface area contributed by atoms with E-state index in [1.807, 2.05) is 14.0 Å². The van der Waals surface area contributed by atoms with Crippen molar-refractivity contribution in [3.63, 3.8) is 0 Å². The van der Waals surface area contributed by atoms with Crippen molar-refractivity contribution in [2.24, 2.45) is 12.0 Å². The molecule has 0 aliphatic heterocycles. The van der Waals surface area contributed by atoms with Gasteiger partial charge in [0.15, 0.2) is 18.4 Å². The van der Waals surface area contributed by atoms with Crippen LogP contribution in [0.4, 0.5) is 13.2 Å². The molecule has 142 valence electrons. The summed E-state index contributed by atoms with van der Waals surface area (Å²) in [5.74, 6) is 1.54. The van der Waals surface area contributed by atoms with Crippen LogP contribution in [0.15, 0.2) is 35.6 Å². The predicted molar refractivity (Wildman–Crippen MR) is 90.7 cm³/mol. The van der Waals surface area contributed by atoms with Crippen LogP contribution in [0.2, 0.25) is 0 Å². The maximum atomic E-state index is 12.1. The largest absolute Gasteiger partial charge is 0.484 e. The fourth-order valence-corrected chi connectivity index (χ4v) is 2.00. The molecule has 1 aromatic heterocycles. The van der Waals surface area contributed by atoms with Gasteiger partial charge in [-0.3, -0.25) is 0 Å². The third-order valence-corrected chi connectivity index (χ3v) is 3.31. The highest BCUT2D eigenvalue weighted by molar-refractivity contribution is 5.79. The Hall–Kier alpha value is -2.78. The number of ether oxygens (including phenoxy) is 1. The van der Waals surface area contributed by atoms with Crippen LogP contribution in [0, 0.1) is 0 Å². The number of aromatic nitrogens is 3. The molecule has 0 bridgehead atoms. The van der Waals surface area contributed by atoms with Gasteiger partial charge in [0, 0.05) is 13.6 Å². The molecule has 7 nitrogen and oxygen atoms in total. The molecular weight excluding hydrogens is 349 g/mol. The van der Waals surface area contributed by atoms with Crippen LogP contribution >= 0.6 is 0 Å². The molecule has 0 radical (unpaired) electrons. The first-order chi connectivity index (χ1) is 12.4. The van der Waals surface area contributed by atoms with E-state index in [0.717, 1.165) is 11.4 Å². The van der Waals surface area contributed by atoms with Gasteiger partial charge in [-0.2, -0.15) is 13.2 Å². The fourth-order valence-electron chi connectivity index (χ4n) is 2.00. The topological polar surface area (TPSA) is 76.4 Å². The van der Waals surface area contributed by atoms with Crippen molar-refractivity contribution in [3.8, 4) is 5.75 Å². The third kappa shape index (κ3) is 6.61. The second-order valence-corrected chi connectivity index (χ2v) is 5.45. The number of benzene rings is 1. The Bertz CT molecular complexity index is 712. The van der Waals surface area contributed by atoms with Crippen molar-refractivity contribution in [2.45, 2.75) is 26.2 Å². The molecule has 0 saturated carbocycles. The number of hydrogen-bond donors (Lipinski definition) is 2.